The molecule has 33 heavy (non-hydrogen) atoms. The standard InChI is InChI=1S/C21H23Cl2N7O3/c1-12(11-31)26-21(32)29-9-14-16(10-29)27-20(24)28-19(14)18-15(23)7-13(22)8-17(18)33-6-5-30-4-2-3-25-30/h2-4,7-8,12,31H,5-6,9-11H2,1H3,(H,26,32)(H2,24,27,28)/t12-/m0/s1. The Morgan fingerprint density at radius 2 is 2.15 bits per heavy atom. The minimum absolute atomic E-state index is 0.0586. The SMILES string of the molecule is C[C@@H](CO)NC(=O)N1Cc2nc(N)nc(-c3c(Cl)cc(Cl)cc3OCCn3cccn3)c2C1. The van der Waals surface area contributed by atoms with Gasteiger partial charge in [-0.05, 0) is 25.1 Å². The monoisotopic (exact) mass is 491 g/mol. The third kappa shape index (κ3) is 5.13. The van der Waals surface area contributed by atoms with Crippen molar-refractivity contribution in [3.63, 3.8) is 0 Å². The minimum atomic E-state index is -0.377. The largest absolute Gasteiger partial charge is 0.491 e. The quantitative estimate of drug-likeness (QED) is 0.462. The maximum atomic E-state index is 12.6. The predicted octanol–water partition coefficient (Wildman–Crippen LogP) is 2.71. The summed E-state index contributed by atoms with van der Waals surface area (Å²) in [6, 6.07) is 4.40. The number of anilines is 1. The van der Waals surface area contributed by atoms with Gasteiger partial charge in [-0.15, -0.1) is 0 Å². The number of amides is 2. The molecular formula is C21H23Cl2N7O3. The van der Waals surface area contributed by atoms with Crippen LogP contribution >= 0.6 is 23.2 Å². The molecule has 0 saturated carbocycles. The van der Waals surface area contributed by atoms with E-state index in [0.29, 0.717) is 45.9 Å². The van der Waals surface area contributed by atoms with Gasteiger partial charge in [0.1, 0.15) is 12.4 Å². The second kappa shape index (κ2) is 9.82. The number of aliphatic hydroxyl groups excluding tert-OH is 1. The number of nitrogens with zero attached hydrogens (tertiary/aromatic N) is 5. The first-order valence-electron chi connectivity index (χ1n) is 10.3. The molecular weight excluding hydrogens is 469 g/mol. The average Bonchev–Trinajstić information content (AvgIpc) is 3.42. The summed E-state index contributed by atoms with van der Waals surface area (Å²) in [6.45, 7) is 2.90. The Hall–Kier alpha value is -3.08. The van der Waals surface area contributed by atoms with Crippen molar-refractivity contribution in [2.75, 3.05) is 18.9 Å². The highest BCUT2D eigenvalue weighted by atomic mass is 35.5. The van der Waals surface area contributed by atoms with Crippen LogP contribution in [0.5, 0.6) is 5.75 Å². The van der Waals surface area contributed by atoms with Gasteiger partial charge in [0, 0.05) is 23.0 Å². The molecule has 12 heteroatoms. The summed E-state index contributed by atoms with van der Waals surface area (Å²) >= 11 is 12.8. The van der Waals surface area contributed by atoms with Gasteiger partial charge in [0.15, 0.2) is 0 Å². The van der Waals surface area contributed by atoms with Crippen LogP contribution in [0.2, 0.25) is 10.0 Å². The number of carbonyl (C=O) groups excluding carboxylic acids is 1. The van der Waals surface area contributed by atoms with Gasteiger partial charge >= 0.3 is 6.03 Å². The van der Waals surface area contributed by atoms with Gasteiger partial charge in [-0.2, -0.15) is 5.10 Å². The maximum Gasteiger partial charge on any atom is 0.318 e. The Kier molecular flexibility index (Phi) is 6.87. The van der Waals surface area contributed by atoms with E-state index in [0.717, 1.165) is 5.56 Å². The minimum Gasteiger partial charge on any atom is -0.491 e. The fraction of sp³-hybridized carbons (Fsp3) is 0.333. The Morgan fingerprint density at radius 1 is 1.33 bits per heavy atom. The lowest BCUT2D eigenvalue weighted by molar-refractivity contribution is 0.184. The molecule has 2 aromatic heterocycles. The van der Waals surface area contributed by atoms with Crippen LogP contribution in [-0.2, 0) is 19.6 Å². The second-order valence-corrected chi connectivity index (χ2v) is 8.47. The van der Waals surface area contributed by atoms with Crippen molar-refractivity contribution in [2.45, 2.75) is 32.6 Å². The number of aromatic nitrogens is 4. The van der Waals surface area contributed by atoms with E-state index in [-0.39, 0.29) is 37.7 Å². The van der Waals surface area contributed by atoms with E-state index in [9.17, 15) is 9.90 Å². The molecule has 4 rings (SSSR count). The molecule has 10 nitrogen and oxygen atoms in total. The van der Waals surface area contributed by atoms with Gasteiger partial charge in [-0.1, -0.05) is 23.2 Å². The van der Waals surface area contributed by atoms with Gasteiger partial charge in [-0.25, -0.2) is 14.8 Å². The van der Waals surface area contributed by atoms with Crippen molar-refractivity contribution in [1.82, 2.24) is 30.0 Å². The highest BCUT2D eigenvalue weighted by Gasteiger charge is 2.31. The Balaban J connectivity index is 1.65. The third-order valence-electron chi connectivity index (χ3n) is 5.12. The van der Waals surface area contributed by atoms with Crippen LogP contribution in [0.25, 0.3) is 11.3 Å². The molecule has 4 N–H and O–H groups in total. The molecule has 0 saturated heterocycles. The molecule has 0 unspecified atom stereocenters. The highest BCUT2D eigenvalue weighted by Crippen LogP contribution is 2.42. The van der Waals surface area contributed by atoms with Crippen LogP contribution in [0.3, 0.4) is 0 Å². The summed E-state index contributed by atoms with van der Waals surface area (Å²) in [4.78, 5) is 22.9. The molecule has 0 aliphatic carbocycles. The Morgan fingerprint density at radius 3 is 2.88 bits per heavy atom. The number of fused-ring (bicyclic) bond motifs is 1. The predicted molar refractivity (Wildman–Crippen MR) is 124 cm³/mol. The number of nitrogens with two attached hydrogens (primary N) is 1. The molecule has 2 amide bonds. The van der Waals surface area contributed by atoms with E-state index in [1.807, 2.05) is 12.3 Å². The summed E-state index contributed by atoms with van der Waals surface area (Å²) in [5.74, 6) is 0.500. The van der Waals surface area contributed by atoms with Crippen LogP contribution in [-0.4, -0.2) is 55.0 Å². The number of urea groups is 1. The third-order valence-corrected chi connectivity index (χ3v) is 5.64. The Bertz CT molecular complexity index is 1160. The molecule has 1 aromatic carbocycles. The van der Waals surface area contributed by atoms with Crippen LogP contribution in [0.1, 0.15) is 18.2 Å². The highest BCUT2D eigenvalue weighted by molar-refractivity contribution is 6.37. The van der Waals surface area contributed by atoms with E-state index in [1.54, 1.807) is 34.8 Å². The molecule has 174 valence electrons. The number of rotatable bonds is 7. The van der Waals surface area contributed by atoms with E-state index in [4.69, 9.17) is 33.7 Å². The van der Waals surface area contributed by atoms with Gasteiger partial charge in [-0.3, -0.25) is 4.68 Å². The van der Waals surface area contributed by atoms with E-state index in [2.05, 4.69) is 20.4 Å². The summed E-state index contributed by atoms with van der Waals surface area (Å²) in [7, 11) is 0. The number of nitrogen functional groups attached to an aromatic ring is 1. The molecule has 1 aliphatic rings. The van der Waals surface area contributed by atoms with E-state index >= 15 is 0 Å². The zero-order valence-electron chi connectivity index (χ0n) is 17.8. The fourth-order valence-corrected chi connectivity index (χ4v) is 4.11. The number of ether oxygens (including phenoxy) is 1. The van der Waals surface area contributed by atoms with E-state index < -0.39 is 0 Å². The van der Waals surface area contributed by atoms with E-state index in [1.165, 1.54) is 0 Å². The lowest BCUT2D eigenvalue weighted by Crippen LogP contribution is -2.42. The number of aliphatic hydroxyl groups is 1. The number of carbonyl (C=O) groups is 1. The van der Waals surface area contributed by atoms with Crippen molar-refractivity contribution >= 4 is 35.2 Å². The number of hydrogen-bond acceptors (Lipinski definition) is 7. The summed E-state index contributed by atoms with van der Waals surface area (Å²) in [6.07, 6.45) is 3.53. The summed E-state index contributed by atoms with van der Waals surface area (Å²) in [5, 5.41) is 16.9. The van der Waals surface area contributed by atoms with Gasteiger partial charge in [0.25, 0.3) is 0 Å². The Labute approximate surface area is 200 Å². The van der Waals surface area contributed by atoms with Crippen LogP contribution in [0.4, 0.5) is 10.7 Å². The zero-order valence-corrected chi connectivity index (χ0v) is 19.3. The number of benzene rings is 1. The lowest BCUT2D eigenvalue weighted by atomic mass is 10.0. The molecule has 0 fully saturated rings. The molecule has 3 aromatic rings. The molecule has 0 spiro atoms. The smallest absolute Gasteiger partial charge is 0.318 e. The molecule has 3 heterocycles. The maximum absolute atomic E-state index is 12.6. The van der Waals surface area contributed by atoms with Crippen LogP contribution in [0, 0.1) is 0 Å². The molecule has 0 radical (unpaired) electrons. The van der Waals surface area contributed by atoms with Gasteiger partial charge < -0.3 is 25.8 Å². The van der Waals surface area contributed by atoms with Crippen molar-refractivity contribution in [3.8, 4) is 17.0 Å². The first-order valence-corrected chi connectivity index (χ1v) is 11.0. The lowest BCUT2D eigenvalue weighted by Gasteiger charge is -2.19. The van der Waals surface area contributed by atoms with Gasteiger partial charge in [0.2, 0.25) is 5.95 Å². The van der Waals surface area contributed by atoms with Crippen LogP contribution < -0.4 is 15.8 Å². The summed E-state index contributed by atoms with van der Waals surface area (Å²) < 4.78 is 7.76. The fourth-order valence-electron chi connectivity index (χ4n) is 3.55. The number of hydrogen-bond donors (Lipinski definition) is 3. The van der Waals surface area contributed by atoms with Crippen molar-refractivity contribution in [1.29, 1.82) is 0 Å². The topological polar surface area (TPSA) is 131 Å². The second-order valence-electron chi connectivity index (χ2n) is 7.62. The van der Waals surface area contributed by atoms with Crippen molar-refractivity contribution in [3.05, 3.63) is 51.9 Å². The summed E-state index contributed by atoms with van der Waals surface area (Å²) in [5.41, 5.74) is 8.34. The van der Waals surface area contributed by atoms with Crippen molar-refractivity contribution < 1.29 is 14.6 Å². The first-order chi connectivity index (χ1) is 15.9. The van der Waals surface area contributed by atoms with Gasteiger partial charge in [0.05, 0.1) is 54.3 Å². The normalized spacial score (nSPS) is 13.6. The number of nitrogens with one attached hydrogen (secondary N) is 1. The molecule has 1 aliphatic heterocycles. The number of halogens is 2. The first kappa shape index (κ1) is 23.1. The van der Waals surface area contributed by atoms with Crippen LogP contribution in [0.15, 0.2) is 30.6 Å². The average molecular weight is 492 g/mol. The molecule has 1 atom stereocenters. The zero-order chi connectivity index (χ0) is 23.5. The molecule has 0 bridgehead atoms. The van der Waals surface area contributed by atoms with Crippen molar-refractivity contribution in [2.24, 2.45) is 0 Å².